The minimum absolute atomic E-state index is 0.00871. The van der Waals surface area contributed by atoms with Crippen LogP contribution in [0, 0.1) is 10.1 Å². The summed E-state index contributed by atoms with van der Waals surface area (Å²) in [4.78, 5) is 34.1. The first-order valence-corrected chi connectivity index (χ1v) is 6.24. The molecule has 106 valence electrons. The normalized spacial score (nSPS) is 18.3. The number of hydrogen-bond donors (Lipinski definition) is 1. The van der Waals surface area contributed by atoms with Crippen LogP contribution in [0.15, 0.2) is 24.3 Å². The minimum atomic E-state index is -0.987. The molecule has 0 bridgehead atoms. The van der Waals surface area contributed by atoms with Gasteiger partial charge in [-0.25, -0.2) is 4.79 Å². The van der Waals surface area contributed by atoms with Crippen LogP contribution in [0.25, 0.3) is 0 Å². The van der Waals surface area contributed by atoms with Crippen molar-refractivity contribution in [3.05, 3.63) is 39.9 Å². The monoisotopic (exact) mass is 278 g/mol. The van der Waals surface area contributed by atoms with E-state index in [0.717, 1.165) is 5.56 Å². The lowest BCUT2D eigenvalue weighted by molar-refractivity contribution is -0.384. The van der Waals surface area contributed by atoms with Crippen molar-refractivity contribution in [3.63, 3.8) is 0 Å². The molecule has 1 amide bonds. The number of benzene rings is 1. The molecule has 1 unspecified atom stereocenters. The molecule has 7 nitrogen and oxygen atoms in total. The number of rotatable bonds is 5. The van der Waals surface area contributed by atoms with Crippen molar-refractivity contribution in [1.82, 2.24) is 4.90 Å². The summed E-state index contributed by atoms with van der Waals surface area (Å²) in [6.07, 6.45) is 1.08. The van der Waals surface area contributed by atoms with Crippen LogP contribution in [0.1, 0.15) is 18.4 Å². The van der Waals surface area contributed by atoms with Crippen molar-refractivity contribution in [1.29, 1.82) is 0 Å². The highest BCUT2D eigenvalue weighted by Crippen LogP contribution is 2.20. The van der Waals surface area contributed by atoms with Crippen LogP contribution < -0.4 is 0 Å². The molecule has 2 rings (SSSR count). The molecule has 1 atom stereocenters. The summed E-state index contributed by atoms with van der Waals surface area (Å²) < 4.78 is 0. The number of carboxylic acids is 1. The largest absolute Gasteiger partial charge is 0.480 e. The molecule has 0 aromatic heterocycles. The number of carbonyl (C=O) groups is 2. The predicted molar refractivity (Wildman–Crippen MR) is 69.2 cm³/mol. The molecule has 1 N–H and O–H groups in total. The average Bonchev–Trinajstić information content (AvgIpc) is 2.78. The Hall–Kier alpha value is -2.44. The van der Waals surface area contributed by atoms with E-state index in [1.54, 1.807) is 12.1 Å². The zero-order chi connectivity index (χ0) is 14.7. The quantitative estimate of drug-likeness (QED) is 0.644. The summed E-state index contributed by atoms with van der Waals surface area (Å²) in [5, 5.41) is 19.6. The van der Waals surface area contributed by atoms with Crippen LogP contribution in [0.4, 0.5) is 5.69 Å². The summed E-state index contributed by atoms with van der Waals surface area (Å²) in [5.74, 6) is -1.14. The molecule has 0 saturated carbocycles. The van der Waals surface area contributed by atoms with E-state index in [2.05, 4.69) is 0 Å². The number of carbonyl (C=O) groups excluding carboxylic acids is 1. The van der Waals surface area contributed by atoms with E-state index in [9.17, 15) is 19.7 Å². The minimum Gasteiger partial charge on any atom is -0.480 e. The Morgan fingerprint density at radius 3 is 2.60 bits per heavy atom. The topological polar surface area (TPSA) is 101 Å². The Morgan fingerprint density at radius 2 is 2.05 bits per heavy atom. The number of likely N-dealkylation sites (tertiary alicyclic amines) is 1. The van der Waals surface area contributed by atoms with Gasteiger partial charge in [0, 0.05) is 25.1 Å². The summed E-state index contributed by atoms with van der Waals surface area (Å²) in [6, 6.07) is 5.29. The molecule has 0 aliphatic carbocycles. The molecule has 7 heteroatoms. The van der Waals surface area contributed by atoms with E-state index < -0.39 is 16.9 Å². The summed E-state index contributed by atoms with van der Waals surface area (Å²) in [7, 11) is 0. The van der Waals surface area contributed by atoms with Gasteiger partial charge in [-0.05, 0) is 18.4 Å². The fourth-order valence-electron chi connectivity index (χ4n) is 2.30. The third-order valence-corrected chi connectivity index (χ3v) is 3.40. The van der Waals surface area contributed by atoms with Crippen LogP contribution in [0.2, 0.25) is 0 Å². The SMILES string of the molecule is O=C(O)C1CCC(=O)N1CCc1ccc([N+](=O)[O-])cc1. The molecular formula is C13H14N2O5. The van der Waals surface area contributed by atoms with Crippen LogP contribution in [0.3, 0.4) is 0 Å². The Balaban J connectivity index is 1.99. The number of nitro benzene ring substituents is 1. The molecule has 1 saturated heterocycles. The maximum atomic E-state index is 11.6. The molecular weight excluding hydrogens is 264 g/mol. The first-order chi connectivity index (χ1) is 9.49. The first kappa shape index (κ1) is 14.0. The number of non-ortho nitro benzene ring substituents is 1. The van der Waals surface area contributed by atoms with Crippen molar-refractivity contribution in [3.8, 4) is 0 Å². The second-order valence-corrected chi connectivity index (χ2v) is 4.65. The second kappa shape index (κ2) is 5.68. The van der Waals surface area contributed by atoms with Gasteiger partial charge >= 0.3 is 5.97 Å². The average molecular weight is 278 g/mol. The van der Waals surface area contributed by atoms with Gasteiger partial charge in [-0.15, -0.1) is 0 Å². The predicted octanol–water partition coefficient (Wildman–Crippen LogP) is 1.21. The number of hydrogen-bond acceptors (Lipinski definition) is 4. The molecule has 20 heavy (non-hydrogen) atoms. The van der Waals surface area contributed by atoms with Crippen molar-refractivity contribution >= 4 is 17.6 Å². The Kier molecular flexibility index (Phi) is 3.97. The van der Waals surface area contributed by atoms with Crippen molar-refractivity contribution in [2.45, 2.75) is 25.3 Å². The van der Waals surface area contributed by atoms with Gasteiger partial charge in [0.2, 0.25) is 5.91 Å². The van der Waals surface area contributed by atoms with Crippen LogP contribution in [-0.4, -0.2) is 39.4 Å². The lowest BCUT2D eigenvalue weighted by Crippen LogP contribution is -2.39. The first-order valence-electron chi connectivity index (χ1n) is 6.24. The maximum absolute atomic E-state index is 11.6. The van der Waals surface area contributed by atoms with E-state index in [1.165, 1.54) is 17.0 Å². The molecule has 1 aliphatic heterocycles. The van der Waals surface area contributed by atoms with E-state index >= 15 is 0 Å². The Bertz CT molecular complexity index is 540. The smallest absolute Gasteiger partial charge is 0.326 e. The van der Waals surface area contributed by atoms with E-state index in [1.807, 2.05) is 0 Å². The van der Waals surface area contributed by atoms with Gasteiger partial charge in [-0.2, -0.15) is 0 Å². The number of nitro groups is 1. The number of amides is 1. The summed E-state index contributed by atoms with van der Waals surface area (Å²) in [6.45, 7) is 0.313. The van der Waals surface area contributed by atoms with Crippen LogP contribution in [0.5, 0.6) is 0 Å². The van der Waals surface area contributed by atoms with Gasteiger partial charge < -0.3 is 10.0 Å². The lowest BCUT2D eigenvalue weighted by Gasteiger charge is -2.21. The molecule has 0 spiro atoms. The zero-order valence-electron chi connectivity index (χ0n) is 10.7. The van der Waals surface area contributed by atoms with E-state index in [0.29, 0.717) is 19.4 Å². The third-order valence-electron chi connectivity index (χ3n) is 3.40. The van der Waals surface area contributed by atoms with Gasteiger partial charge in [0.1, 0.15) is 6.04 Å². The van der Waals surface area contributed by atoms with E-state index in [-0.39, 0.29) is 18.0 Å². The van der Waals surface area contributed by atoms with Crippen molar-refractivity contribution < 1.29 is 19.6 Å². The highest BCUT2D eigenvalue weighted by molar-refractivity contribution is 5.87. The molecule has 1 fully saturated rings. The number of nitrogens with zero attached hydrogens (tertiary/aromatic N) is 2. The Morgan fingerprint density at radius 1 is 1.40 bits per heavy atom. The van der Waals surface area contributed by atoms with Crippen LogP contribution in [-0.2, 0) is 16.0 Å². The summed E-state index contributed by atoms with van der Waals surface area (Å²) in [5.41, 5.74) is 0.842. The fraction of sp³-hybridized carbons (Fsp3) is 0.385. The van der Waals surface area contributed by atoms with Gasteiger partial charge in [0.05, 0.1) is 4.92 Å². The fourth-order valence-corrected chi connectivity index (χ4v) is 2.30. The van der Waals surface area contributed by atoms with Gasteiger partial charge in [0.15, 0.2) is 0 Å². The molecule has 0 radical (unpaired) electrons. The van der Waals surface area contributed by atoms with Gasteiger partial charge in [-0.3, -0.25) is 14.9 Å². The number of aliphatic carboxylic acids is 1. The molecule has 1 aliphatic rings. The van der Waals surface area contributed by atoms with E-state index in [4.69, 9.17) is 5.11 Å². The summed E-state index contributed by atoms with van der Waals surface area (Å²) >= 11 is 0. The standard InChI is InChI=1S/C13H14N2O5/c16-12-6-5-11(13(17)18)14(12)8-7-9-1-3-10(4-2-9)15(19)20/h1-4,11H,5-8H2,(H,17,18). The third kappa shape index (κ3) is 2.93. The van der Waals surface area contributed by atoms with Crippen LogP contribution >= 0.6 is 0 Å². The maximum Gasteiger partial charge on any atom is 0.326 e. The Labute approximate surface area is 115 Å². The molecule has 1 aromatic rings. The molecule has 1 heterocycles. The molecule has 1 aromatic carbocycles. The number of carboxylic acid groups (broad SMARTS) is 1. The highest BCUT2D eigenvalue weighted by Gasteiger charge is 2.35. The van der Waals surface area contributed by atoms with Crippen molar-refractivity contribution in [2.75, 3.05) is 6.54 Å². The zero-order valence-corrected chi connectivity index (χ0v) is 10.7. The van der Waals surface area contributed by atoms with Gasteiger partial charge in [0.25, 0.3) is 5.69 Å². The van der Waals surface area contributed by atoms with Crippen molar-refractivity contribution in [2.24, 2.45) is 0 Å². The highest BCUT2D eigenvalue weighted by atomic mass is 16.6. The lowest BCUT2D eigenvalue weighted by atomic mass is 10.1. The second-order valence-electron chi connectivity index (χ2n) is 4.65. The van der Waals surface area contributed by atoms with Gasteiger partial charge in [-0.1, -0.05) is 12.1 Å².